The summed E-state index contributed by atoms with van der Waals surface area (Å²) in [5.74, 6) is 1.48. The van der Waals surface area contributed by atoms with Crippen molar-refractivity contribution in [2.75, 3.05) is 27.3 Å². The zero-order chi connectivity index (χ0) is 23.3. The molecule has 0 saturated carbocycles. The van der Waals surface area contributed by atoms with Gasteiger partial charge in [0.25, 0.3) is 0 Å². The minimum atomic E-state index is -0.533. The number of rotatable bonds is 5. The zero-order valence-electron chi connectivity index (χ0n) is 19.4. The molecule has 0 aliphatic carbocycles. The van der Waals surface area contributed by atoms with Gasteiger partial charge in [0.15, 0.2) is 11.5 Å². The molecule has 1 fully saturated rings. The number of amides is 2. The van der Waals surface area contributed by atoms with Crippen molar-refractivity contribution in [2.45, 2.75) is 32.4 Å². The first kappa shape index (κ1) is 21.4. The summed E-state index contributed by atoms with van der Waals surface area (Å²) in [4.78, 5) is 34.2. The van der Waals surface area contributed by atoms with Crippen LogP contribution in [0.15, 0.2) is 42.5 Å². The fourth-order valence-corrected chi connectivity index (χ4v) is 5.29. The molecular weight excluding hydrogens is 418 g/mol. The van der Waals surface area contributed by atoms with Crippen molar-refractivity contribution in [1.82, 2.24) is 14.8 Å². The molecule has 3 aromatic rings. The Morgan fingerprint density at radius 1 is 1.06 bits per heavy atom. The highest BCUT2D eigenvalue weighted by molar-refractivity contribution is 5.97. The van der Waals surface area contributed by atoms with Gasteiger partial charge in [-0.15, -0.1) is 0 Å². The lowest BCUT2D eigenvalue weighted by atomic mass is 9.86. The van der Waals surface area contributed by atoms with E-state index in [1.165, 1.54) is 0 Å². The van der Waals surface area contributed by atoms with Crippen LogP contribution in [-0.4, -0.2) is 59.9 Å². The number of aromatic nitrogens is 1. The standard InChI is InChI=1S/C26H29N3O4/c1-15(2)13-28-14-23(30)29-20(26(28)31)12-18-17-7-5-6-8-19(17)27-24(18)25(29)16-9-10-21(32-3)22(11-16)33-4/h5-11,15,20,25,27H,12-14H2,1-4H3/t20-,25?/m0/s1. The smallest absolute Gasteiger partial charge is 0.246 e. The molecule has 1 unspecified atom stereocenters. The predicted molar refractivity (Wildman–Crippen MR) is 125 cm³/mol. The number of hydrogen-bond acceptors (Lipinski definition) is 4. The number of nitrogens with zero attached hydrogens (tertiary/aromatic N) is 2. The fraction of sp³-hybridized carbons (Fsp3) is 0.385. The van der Waals surface area contributed by atoms with Crippen molar-refractivity contribution in [3.8, 4) is 11.5 Å². The summed E-state index contributed by atoms with van der Waals surface area (Å²) in [5.41, 5.74) is 3.94. The first-order valence-corrected chi connectivity index (χ1v) is 11.3. The van der Waals surface area contributed by atoms with Crippen LogP contribution in [0, 0.1) is 5.92 Å². The number of ether oxygens (including phenoxy) is 2. The number of methoxy groups -OCH3 is 2. The van der Waals surface area contributed by atoms with Crippen LogP contribution in [0.3, 0.4) is 0 Å². The Morgan fingerprint density at radius 2 is 1.82 bits per heavy atom. The Morgan fingerprint density at radius 3 is 2.55 bits per heavy atom. The van der Waals surface area contributed by atoms with Gasteiger partial charge < -0.3 is 24.3 Å². The van der Waals surface area contributed by atoms with E-state index in [1.54, 1.807) is 24.0 Å². The van der Waals surface area contributed by atoms with E-state index in [2.05, 4.69) is 24.9 Å². The second-order valence-electron chi connectivity index (χ2n) is 9.21. The minimum absolute atomic E-state index is 0.0182. The topological polar surface area (TPSA) is 74.9 Å². The molecule has 7 heteroatoms. The lowest BCUT2D eigenvalue weighted by Gasteiger charge is -2.47. The van der Waals surface area contributed by atoms with Gasteiger partial charge in [0, 0.05) is 29.6 Å². The van der Waals surface area contributed by atoms with Crippen molar-refractivity contribution >= 4 is 22.7 Å². The van der Waals surface area contributed by atoms with Gasteiger partial charge in [-0.25, -0.2) is 0 Å². The molecule has 172 valence electrons. The summed E-state index contributed by atoms with van der Waals surface area (Å²) < 4.78 is 11.0. The molecule has 1 aromatic heterocycles. The van der Waals surface area contributed by atoms with Crippen LogP contribution < -0.4 is 9.47 Å². The third-order valence-electron chi connectivity index (χ3n) is 6.65. The number of piperazine rings is 1. The molecule has 2 aliphatic rings. The van der Waals surface area contributed by atoms with Crippen LogP contribution in [0.1, 0.15) is 36.7 Å². The van der Waals surface area contributed by atoms with E-state index in [4.69, 9.17) is 9.47 Å². The number of benzene rings is 2. The number of para-hydroxylation sites is 1. The lowest BCUT2D eigenvalue weighted by Crippen LogP contribution is -2.63. The molecule has 2 atom stereocenters. The maximum atomic E-state index is 13.6. The number of H-pyrrole nitrogens is 1. The number of fused-ring (bicyclic) bond motifs is 4. The maximum absolute atomic E-state index is 13.6. The molecule has 0 spiro atoms. The Kier molecular flexibility index (Phi) is 5.27. The zero-order valence-corrected chi connectivity index (χ0v) is 19.4. The van der Waals surface area contributed by atoms with Gasteiger partial charge in [0.05, 0.1) is 26.8 Å². The van der Waals surface area contributed by atoms with Crippen LogP contribution >= 0.6 is 0 Å². The molecule has 7 nitrogen and oxygen atoms in total. The second kappa shape index (κ2) is 8.14. The van der Waals surface area contributed by atoms with Crippen molar-refractivity contribution in [2.24, 2.45) is 5.92 Å². The van der Waals surface area contributed by atoms with Crippen molar-refractivity contribution in [3.63, 3.8) is 0 Å². The third kappa shape index (κ3) is 3.43. The molecule has 33 heavy (non-hydrogen) atoms. The quantitative estimate of drug-likeness (QED) is 0.649. The Bertz CT molecular complexity index is 1230. The SMILES string of the molecule is COc1ccc(C2c3[nH]c4ccccc4c3C[C@H]3C(=O)N(CC(C)C)CC(=O)N23)cc1OC. The lowest BCUT2D eigenvalue weighted by molar-refractivity contribution is -0.159. The summed E-state index contributed by atoms with van der Waals surface area (Å²) in [5, 5.41) is 1.10. The number of carbonyl (C=O) groups excluding carboxylic acids is 2. The van der Waals surface area contributed by atoms with E-state index in [1.807, 2.05) is 36.4 Å². The van der Waals surface area contributed by atoms with Gasteiger partial charge in [0.1, 0.15) is 6.04 Å². The monoisotopic (exact) mass is 447 g/mol. The van der Waals surface area contributed by atoms with Crippen LogP contribution in [0.25, 0.3) is 10.9 Å². The first-order valence-electron chi connectivity index (χ1n) is 11.3. The average Bonchev–Trinajstić information content (AvgIpc) is 3.18. The number of nitrogens with one attached hydrogen (secondary N) is 1. The average molecular weight is 448 g/mol. The van der Waals surface area contributed by atoms with Crippen molar-refractivity contribution < 1.29 is 19.1 Å². The van der Waals surface area contributed by atoms with Crippen LogP contribution in [0.4, 0.5) is 0 Å². The van der Waals surface area contributed by atoms with Gasteiger partial charge in [0.2, 0.25) is 11.8 Å². The number of aromatic amines is 1. The predicted octanol–water partition coefficient (Wildman–Crippen LogP) is 3.53. The Balaban J connectivity index is 1.69. The number of carbonyl (C=O) groups is 2. The highest BCUT2D eigenvalue weighted by Gasteiger charge is 2.48. The largest absolute Gasteiger partial charge is 0.493 e. The molecule has 0 radical (unpaired) electrons. The molecule has 1 saturated heterocycles. The van der Waals surface area contributed by atoms with E-state index in [-0.39, 0.29) is 18.4 Å². The number of hydrogen-bond donors (Lipinski definition) is 1. The summed E-state index contributed by atoms with van der Waals surface area (Å²) in [6.45, 7) is 4.81. The van der Waals surface area contributed by atoms with E-state index in [0.29, 0.717) is 30.4 Å². The van der Waals surface area contributed by atoms with Crippen molar-refractivity contribution in [1.29, 1.82) is 0 Å². The highest BCUT2D eigenvalue weighted by atomic mass is 16.5. The summed E-state index contributed by atoms with van der Waals surface area (Å²) in [7, 11) is 3.19. The fourth-order valence-electron chi connectivity index (χ4n) is 5.29. The molecule has 3 heterocycles. The second-order valence-corrected chi connectivity index (χ2v) is 9.21. The molecule has 2 aromatic carbocycles. The molecule has 2 amide bonds. The Labute approximate surface area is 193 Å². The molecular formula is C26H29N3O4. The highest BCUT2D eigenvalue weighted by Crippen LogP contribution is 2.44. The first-order chi connectivity index (χ1) is 15.9. The van der Waals surface area contributed by atoms with Gasteiger partial charge in [-0.2, -0.15) is 0 Å². The Hall–Kier alpha value is -3.48. The van der Waals surface area contributed by atoms with Crippen LogP contribution in [-0.2, 0) is 16.0 Å². The van der Waals surface area contributed by atoms with Gasteiger partial charge in [-0.1, -0.05) is 38.1 Å². The van der Waals surface area contributed by atoms with Crippen molar-refractivity contribution in [3.05, 3.63) is 59.3 Å². The maximum Gasteiger partial charge on any atom is 0.246 e. The summed E-state index contributed by atoms with van der Waals surface area (Å²) in [6, 6.07) is 12.9. The summed E-state index contributed by atoms with van der Waals surface area (Å²) >= 11 is 0. The third-order valence-corrected chi connectivity index (χ3v) is 6.65. The summed E-state index contributed by atoms with van der Waals surface area (Å²) in [6.07, 6.45) is 0.502. The van der Waals surface area contributed by atoms with Gasteiger partial charge in [-0.3, -0.25) is 9.59 Å². The normalized spacial score (nSPS) is 20.3. The minimum Gasteiger partial charge on any atom is -0.493 e. The molecule has 2 aliphatic heterocycles. The van der Waals surface area contributed by atoms with E-state index < -0.39 is 12.1 Å². The van der Waals surface area contributed by atoms with E-state index in [9.17, 15) is 9.59 Å². The van der Waals surface area contributed by atoms with Crippen LogP contribution in [0.5, 0.6) is 11.5 Å². The van der Waals surface area contributed by atoms with E-state index >= 15 is 0 Å². The van der Waals surface area contributed by atoms with Gasteiger partial charge >= 0.3 is 0 Å². The van der Waals surface area contributed by atoms with Crippen LogP contribution in [0.2, 0.25) is 0 Å². The van der Waals surface area contributed by atoms with Gasteiger partial charge in [-0.05, 0) is 35.2 Å². The molecule has 5 rings (SSSR count). The molecule has 0 bridgehead atoms. The molecule has 1 N–H and O–H groups in total. The van der Waals surface area contributed by atoms with E-state index in [0.717, 1.165) is 27.7 Å².